The van der Waals surface area contributed by atoms with Crippen molar-refractivity contribution in [3.05, 3.63) is 30.8 Å². The molecule has 1 rings (SSSR count). The normalized spacial score (nSPS) is 20.9. The monoisotopic (exact) mass is 721 g/mol. The van der Waals surface area contributed by atoms with Crippen LogP contribution in [0.1, 0.15) is 41.0 Å². The number of nitrogens with one attached hydrogen (secondary N) is 3. The van der Waals surface area contributed by atoms with Crippen LogP contribution in [0.15, 0.2) is 24.6 Å². The van der Waals surface area contributed by atoms with Gasteiger partial charge in [-0.3, -0.25) is 14.1 Å². The van der Waals surface area contributed by atoms with Gasteiger partial charge in [-0.25, -0.2) is 19.8 Å². The molecule has 210 valence electrons. The summed E-state index contributed by atoms with van der Waals surface area (Å²) in [6.07, 6.45) is 3.08. The number of ether oxygens (including phenoxy) is 2. The number of carbonyl (C=O) groups excluding carboxylic acids is 1. The third kappa shape index (κ3) is 10.6. The Kier molecular flexibility index (Phi) is 14.1. The predicted octanol–water partition coefficient (Wildman–Crippen LogP) is 2.36. The first-order valence-corrected chi connectivity index (χ1v) is 14.8. The number of allylic oxidation sites excluding steroid dienone is 1. The molecule has 1 heterocycles. The van der Waals surface area contributed by atoms with Crippen LogP contribution in [0, 0.1) is 18.1 Å². The summed E-state index contributed by atoms with van der Waals surface area (Å²) in [5.41, 5.74) is 0.158. The SMILES string of the molecule is C=C(NC(C)(C)C(=O)NS([CH2-])(=O)=O)C1CC(OCOCP(=O)(NC)OC)CN1C(=C)C(C)C(C)C.[W]. The summed E-state index contributed by atoms with van der Waals surface area (Å²) in [6.45, 7) is 18.3. The summed E-state index contributed by atoms with van der Waals surface area (Å²) >= 11 is 0. The maximum atomic E-state index is 12.5. The van der Waals surface area contributed by atoms with Crippen LogP contribution in [0.5, 0.6) is 0 Å². The molecule has 0 spiro atoms. The quantitative estimate of drug-likeness (QED) is 0.100. The number of amides is 1. The van der Waals surface area contributed by atoms with Gasteiger partial charge in [0.15, 0.2) is 0 Å². The molecule has 4 atom stereocenters. The van der Waals surface area contributed by atoms with Gasteiger partial charge in [0.05, 0.1) is 12.1 Å². The molecule has 0 aromatic rings. The van der Waals surface area contributed by atoms with Crippen molar-refractivity contribution in [2.45, 2.75) is 58.7 Å². The van der Waals surface area contributed by atoms with Crippen molar-refractivity contribution < 1.29 is 52.8 Å². The zero-order valence-electron chi connectivity index (χ0n) is 22.3. The Labute approximate surface area is 231 Å². The first kappa shape index (κ1) is 35.3. The average molecular weight is 721 g/mol. The minimum Gasteiger partial charge on any atom is -0.374 e. The van der Waals surface area contributed by atoms with Gasteiger partial charge in [-0.15, -0.1) is 0 Å². The molecule has 11 nitrogen and oxygen atoms in total. The van der Waals surface area contributed by atoms with E-state index >= 15 is 0 Å². The maximum absolute atomic E-state index is 12.5. The summed E-state index contributed by atoms with van der Waals surface area (Å²) in [7, 11) is -4.14. The van der Waals surface area contributed by atoms with Crippen molar-refractivity contribution in [1.29, 1.82) is 0 Å². The zero-order valence-corrected chi connectivity index (χ0v) is 27.0. The van der Waals surface area contributed by atoms with Crippen LogP contribution in [-0.2, 0) is 54.4 Å². The van der Waals surface area contributed by atoms with Crippen LogP contribution in [0.2, 0.25) is 0 Å². The van der Waals surface area contributed by atoms with Crippen LogP contribution in [0.25, 0.3) is 0 Å². The fourth-order valence-electron chi connectivity index (χ4n) is 3.53. The molecule has 1 aliphatic rings. The molecule has 1 aliphatic heterocycles. The number of hydrogen-bond acceptors (Lipinski definition) is 9. The van der Waals surface area contributed by atoms with Gasteiger partial charge in [0.2, 0.25) is 0 Å². The number of likely N-dealkylation sites (tertiary alicyclic amines) is 1. The number of rotatable bonds is 15. The van der Waals surface area contributed by atoms with Crippen molar-refractivity contribution in [3.63, 3.8) is 0 Å². The number of nitrogens with zero attached hydrogens (tertiary/aromatic N) is 1. The molecule has 0 bridgehead atoms. The third-order valence-electron chi connectivity index (χ3n) is 6.13. The molecular weight excluding hydrogens is 679 g/mol. The van der Waals surface area contributed by atoms with E-state index in [2.05, 4.69) is 55.5 Å². The Morgan fingerprint density at radius 3 is 2.33 bits per heavy atom. The first-order chi connectivity index (χ1) is 16.0. The molecule has 0 radical (unpaired) electrons. The molecule has 0 aromatic heterocycles. The van der Waals surface area contributed by atoms with E-state index in [9.17, 15) is 17.8 Å². The van der Waals surface area contributed by atoms with Crippen LogP contribution in [0.4, 0.5) is 0 Å². The minimum atomic E-state index is -3.95. The Balaban J connectivity index is 0.0000122. The molecule has 4 unspecified atom stereocenters. The predicted molar refractivity (Wildman–Crippen MR) is 136 cm³/mol. The second-order valence-electron chi connectivity index (χ2n) is 9.57. The van der Waals surface area contributed by atoms with E-state index in [1.807, 2.05) is 4.72 Å². The van der Waals surface area contributed by atoms with E-state index in [4.69, 9.17) is 14.0 Å². The molecular formula is C22H42N4O7PSW-. The average Bonchev–Trinajstić information content (AvgIpc) is 3.18. The molecule has 14 heteroatoms. The molecule has 0 aromatic carbocycles. The maximum Gasteiger partial charge on any atom is 0.294 e. The van der Waals surface area contributed by atoms with Gasteiger partial charge in [-0.05, 0) is 32.7 Å². The Hall–Kier alpha value is -0.742. The first-order valence-electron chi connectivity index (χ1n) is 11.3. The van der Waals surface area contributed by atoms with Gasteiger partial charge >= 0.3 is 0 Å². The van der Waals surface area contributed by atoms with E-state index in [-0.39, 0.29) is 52.3 Å². The molecule has 1 saturated heterocycles. The van der Waals surface area contributed by atoms with Gasteiger partial charge < -0.3 is 24.2 Å². The fraction of sp³-hybridized carbons (Fsp3) is 0.727. The van der Waals surface area contributed by atoms with Gasteiger partial charge in [-0.1, -0.05) is 33.9 Å². The van der Waals surface area contributed by atoms with Crippen molar-refractivity contribution in [2.24, 2.45) is 11.8 Å². The largest absolute Gasteiger partial charge is 0.374 e. The van der Waals surface area contributed by atoms with Gasteiger partial charge in [0.1, 0.15) is 28.7 Å². The topological polar surface area (TPSA) is 135 Å². The summed E-state index contributed by atoms with van der Waals surface area (Å²) in [6, 6.07) is -0.264. The van der Waals surface area contributed by atoms with Crippen LogP contribution in [0.3, 0.4) is 0 Å². The molecule has 0 saturated carbocycles. The number of carbonyl (C=O) groups is 1. The van der Waals surface area contributed by atoms with Crippen LogP contribution < -0.4 is 15.1 Å². The van der Waals surface area contributed by atoms with Crippen molar-refractivity contribution >= 4 is 23.5 Å². The van der Waals surface area contributed by atoms with E-state index in [0.717, 1.165) is 5.70 Å². The summed E-state index contributed by atoms with van der Waals surface area (Å²) in [5.74, 6) is -0.223. The van der Waals surface area contributed by atoms with Crippen LogP contribution in [-0.4, -0.2) is 70.8 Å². The van der Waals surface area contributed by atoms with Crippen LogP contribution >= 0.6 is 7.52 Å². The van der Waals surface area contributed by atoms with E-state index in [1.165, 1.54) is 14.2 Å². The van der Waals surface area contributed by atoms with E-state index < -0.39 is 29.0 Å². The number of hydrogen-bond donors (Lipinski definition) is 3. The van der Waals surface area contributed by atoms with Crippen molar-refractivity contribution in [2.75, 3.05) is 33.8 Å². The van der Waals surface area contributed by atoms with E-state index in [0.29, 0.717) is 24.6 Å². The Morgan fingerprint density at radius 1 is 1.28 bits per heavy atom. The second kappa shape index (κ2) is 14.4. The van der Waals surface area contributed by atoms with Gasteiger partial charge in [0.25, 0.3) is 13.4 Å². The molecule has 3 N–H and O–H groups in total. The smallest absolute Gasteiger partial charge is 0.294 e. The molecule has 1 amide bonds. The minimum absolute atomic E-state index is 0. The van der Waals surface area contributed by atoms with E-state index in [1.54, 1.807) is 13.8 Å². The van der Waals surface area contributed by atoms with Crippen molar-refractivity contribution in [1.82, 2.24) is 20.0 Å². The standard InChI is InChI=1S/C22H42N4O7PS.W/c1-15(2)16(3)18(5)26-12-19(33-13-32-14-34(28,23-8)31-9)11-20(26)17(4)24-22(6,7)21(27)25-35(10,29)30;/h15-16,19-20,24H,4-5,10-14H2,1-3,6-9H3,(H,23,28)(H,25,27);/q-1;. The number of sulfonamides is 1. The third-order valence-corrected chi connectivity index (χ3v) is 8.42. The van der Waals surface area contributed by atoms with Crippen molar-refractivity contribution in [3.8, 4) is 0 Å². The molecule has 0 aliphatic carbocycles. The summed E-state index contributed by atoms with van der Waals surface area (Å²) in [4.78, 5) is 14.6. The Bertz CT molecular complexity index is 921. The molecule has 1 fully saturated rings. The van der Waals surface area contributed by atoms with Gasteiger partial charge in [-0.2, -0.15) is 0 Å². The second-order valence-corrected chi connectivity index (χ2v) is 13.4. The summed E-state index contributed by atoms with van der Waals surface area (Å²) in [5, 5.41) is 5.67. The van der Waals surface area contributed by atoms with Gasteiger partial charge in [0, 0.05) is 52.5 Å². The Morgan fingerprint density at radius 2 is 1.86 bits per heavy atom. The summed E-state index contributed by atoms with van der Waals surface area (Å²) < 4.78 is 53.2. The molecule has 36 heavy (non-hydrogen) atoms. The fourth-order valence-corrected chi connectivity index (χ4v) is 4.80. The zero-order chi connectivity index (χ0) is 27.2.